The molecule has 0 spiro atoms. The monoisotopic (exact) mass is 423 g/mol. The second-order valence-electron chi connectivity index (χ2n) is 8.03. The number of Topliss-reactive ketones (excluding diaryl/α,β-unsaturated/α-hetero) is 1. The first kappa shape index (κ1) is 21.6. The third kappa shape index (κ3) is 5.06. The molecule has 0 aliphatic heterocycles. The summed E-state index contributed by atoms with van der Waals surface area (Å²) in [5, 5.41) is 4.31. The van der Waals surface area contributed by atoms with E-state index in [1.165, 1.54) is 28.5 Å². The summed E-state index contributed by atoms with van der Waals surface area (Å²) in [4.78, 5) is 25.2. The number of ketones is 1. The maximum Gasteiger partial charge on any atom is 0.352 e. The minimum absolute atomic E-state index is 0.0469. The van der Waals surface area contributed by atoms with Gasteiger partial charge >= 0.3 is 5.69 Å². The van der Waals surface area contributed by atoms with Crippen LogP contribution in [0.3, 0.4) is 0 Å². The second kappa shape index (κ2) is 9.11. The first-order valence-corrected chi connectivity index (χ1v) is 13.4. The number of hydrogen-bond acceptors (Lipinski definition) is 5. The van der Waals surface area contributed by atoms with Gasteiger partial charge in [-0.25, -0.2) is 9.20 Å². The Kier molecular flexibility index (Phi) is 6.55. The molecule has 0 atom stereocenters. The molecule has 3 aromatic rings. The first-order valence-electron chi connectivity index (χ1n) is 9.65. The van der Waals surface area contributed by atoms with E-state index in [1.807, 2.05) is 30.3 Å². The van der Waals surface area contributed by atoms with E-state index in [0.29, 0.717) is 6.61 Å². The molecule has 0 N–H and O–H groups in total. The Morgan fingerprint density at radius 3 is 2.57 bits per heavy atom. The van der Waals surface area contributed by atoms with Gasteiger partial charge in [0.15, 0.2) is 5.75 Å². The fraction of sp³-hybridized carbons (Fsp3) is 0.318. The Balaban J connectivity index is 1.87. The van der Waals surface area contributed by atoms with Crippen LogP contribution in [0.2, 0.25) is 25.7 Å². The highest BCUT2D eigenvalue weighted by atomic mass is 28.3. The van der Waals surface area contributed by atoms with E-state index in [4.69, 9.17) is 9.47 Å². The molecule has 0 saturated heterocycles. The van der Waals surface area contributed by atoms with Gasteiger partial charge in [0.1, 0.15) is 6.73 Å². The molecule has 0 unspecified atom stereocenters. The Bertz CT molecular complexity index is 1160. The molecular weight excluding hydrogens is 398 g/mol. The van der Waals surface area contributed by atoms with Gasteiger partial charge in [-0.1, -0.05) is 43.8 Å². The molecule has 0 radical (unpaired) electrons. The molecule has 1 aromatic carbocycles. The maximum atomic E-state index is 12.6. The third-order valence-electron chi connectivity index (χ3n) is 4.46. The number of methoxy groups -OCH3 is 1. The summed E-state index contributed by atoms with van der Waals surface area (Å²) in [5.41, 5.74) is 0.890. The van der Waals surface area contributed by atoms with Gasteiger partial charge in [-0.15, -0.1) is 5.10 Å². The van der Waals surface area contributed by atoms with Crippen LogP contribution in [-0.4, -0.2) is 41.8 Å². The topological polar surface area (TPSA) is 74.8 Å². The van der Waals surface area contributed by atoms with Crippen LogP contribution >= 0.6 is 0 Å². The van der Waals surface area contributed by atoms with E-state index < -0.39 is 13.9 Å². The summed E-state index contributed by atoms with van der Waals surface area (Å²) in [6, 6.07) is 11.8. The molecule has 2 heterocycles. The number of benzene rings is 1. The summed E-state index contributed by atoms with van der Waals surface area (Å²) in [6.45, 7) is 7.41. The molecular formula is C22H25N3O4Si. The lowest BCUT2D eigenvalue weighted by molar-refractivity contribution is 0.0761. The summed E-state index contributed by atoms with van der Waals surface area (Å²) in [5.74, 6) is 5.26. The number of pyridine rings is 1. The van der Waals surface area contributed by atoms with Crippen molar-refractivity contribution in [2.75, 3.05) is 13.7 Å². The Morgan fingerprint density at radius 1 is 1.17 bits per heavy atom. The summed E-state index contributed by atoms with van der Waals surface area (Å²) >= 11 is 0. The van der Waals surface area contributed by atoms with Gasteiger partial charge in [0.05, 0.1) is 12.7 Å². The molecule has 8 heteroatoms. The lowest BCUT2D eigenvalue weighted by atomic mass is 10.1. The van der Waals surface area contributed by atoms with Gasteiger partial charge < -0.3 is 9.47 Å². The smallest absolute Gasteiger partial charge is 0.352 e. The molecule has 2 aromatic heterocycles. The third-order valence-corrected chi connectivity index (χ3v) is 6.17. The molecule has 7 nitrogen and oxygen atoms in total. The van der Waals surface area contributed by atoms with Crippen LogP contribution in [0.25, 0.3) is 5.65 Å². The van der Waals surface area contributed by atoms with Crippen molar-refractivity contribution in [3.05, 3.63) is 64.2 Å². The number of carbonyl (C=O) groups excluding carboxylic acids is 1. The molecule has 156 valence electrons. The predicted molar refractivity (Wildman–Crippen MR) is 118 cm³/mol. The van der Waals surface area contributed by atoms with Gasteiger partial charge in [0, 0.05) is 26.4 Å². The van der Waals surface area contributed by atoms with Crippen molar-refractivity contribution in [2.24, 2.45) is 0 Å². The summed E-state index contributed by atoms with van der Waals surface area (Å²) in [7, 11) is 0.219. The van der Waals surface area contributed by atoms with Crippen molar-refractivity contribution in [1.29, 1.82) is 0 Å². The molecule has 0 amide bonds. The average Bonchev–Trinajstić information content (AvgIpc) is 3.04. The highest BCUT2D eigenvalue weighted by Crippen LogP contribution is 2.23. The van der Waals surface area contributed by atoms with Crippen molar-refractivity contribution in [3.63, 3.8) is 0 Å². The van der Waals surface area contributed by atoms with Crippen molar-refractivity contribution >= 4 is 19.5 Å². The van der Waals surface area contributed by atoms with E-state index in [0.717, 1.165) is 11.6 Å². The zero-order chi connectivity index (χ0) is 21.7. The quantitative estimate of drug-likeness (QED) is 0.253. The van der Waals surface area contributed by atoms with Crippen LogP contribution in [-0.2, 0) is 11.5 Å². The molecule has 3 rings (SSSR count). The molecule has 0 aliphatic carbocycles. The van der Waals surface area contributed by atoms with Gasteiger partial charge in [0.25, 0.3) is 0 Å². The molecule has 0 fully saturated rings. The zero-order valence-electron chi connectivity index (χ0n) is 17.6. The number of hydrogen-bond donors (Lipinski definition) is 0. The van der Waals surface area contributed by atoms with Gasteiger partial charge in [-0.3, -0.25) is 4.79 Å². The van der Waals surface area contributed by atoms with Crippen molar-refractivity contribution in [2.45, 2.75) is 32.4 Å². The number of ether oxygens (including phenoxy) is 2. The Morgan fingerprint density at radius 2 is 1.90 bits per heavy atom. The maximum absolute atomic E-state index is 12.6. The number of fused-ring (bicyclic) bond motifs is 1. The first-order chi connectivity index (χ1) is 14.3. The van der Waals surface area contributed by atoms with E-state index in [-0.39, 0.29) is 29.4 Å². The number of aromatic nitrogens is 3. The summed E-state index contributed by atoms with van der Waals surface area (Å²) < 4.78 is 13.6. The molecule has 30 heavy (non-hydrogen) atoms. The van der Waals surface area contributed by atoms with E-state index >= 15 is 0 Å². The lowest BCUT2D eigenvalue weighted by Gasteiger charge is -2.14. The van der Waals surface area contributed by atoms with Gasteiger partial charge in [-0.05, 0) is 30.2 Å². The fourth-order valence-electron chi connectivity index (χ4n) is 2.77. The average molecular weight is 424 g/mol. The van der Waals surface area contributed by atoms with Crippen molar-refractivity contribution in [3.8, 4) is 17.6 Å². The van der Waals surface area contributed by atoms with Crippen molar-refractivity contribution in [1.82, 2.24) is 14.2 Å². The molecule has 0 aliphatic rings. The Labute approximate surface area is 176 Å². The van der Waals surface area contributed by atoms with Crippen molar-refractivity contribution < 1.29 is 14.3 Å². The second-order valence-corrected chi connectivity index (χ2v) is 13.7. The summed E-state index contributed by atoms with van der Waals surface area (Å²) in [6.07, 6.45) is 1.50. The molecule has 0 bridgehead atoms. The van der Waals surface area contributed by atoms with E-state index in [9.17, 15) is 9.59 Å². The normalized spacial score (nSPS) is 11.2. The highest BCUT2D eigenvalue weighted by molar-refractivity contribution is 6.76. The van der Waals surface area contributed by atoms with Crippen LogP contribution in [0.5, 0.6) is 5.75 Å². The number of rotatable bonds is 7. The zero-order valence-corrected chi connectivity index (χ0v) is 18.6. The molecule has 0 saturated carbocycles. The predicted octanol–water partition coefficient (Wildman–Crippen LogP) is 3.05. The highest BCUT2D eigenvalue weighted by Gasteiger charge is 2.19. The minimum atomic E-state index is -1.22. The van der Waals surface area contributed by atoms with Crippen LogP contribution < -0.4 is 10.4 Å². The largest absolute Gasteiger partial charge is 0.492 e. The van der Waals surface area contributed by atoms with Crippen LogP contribution in [0.4, 0.5) is 0 Å². The van der Waals surface area contributed by atoms with Crippen LogP contribution in [0.1, 0.15) is 15.9 Å². The Hall–Kier alpha value is -3.15. The van der Waals surface area contributed by atoms with Gasteiger partial charge in [-0.2, -0.15) is 4.68 Å². The SMILES string of the molecule is COc1c(C(=O)C#Cc2ccccc2)ccn2c(=O)n(COCC[Si](C)(C)C)nc12. The number of nitrogens with zero attached hydrogens (tertiary/aromatic N) is 3. The van der Waals surface area contributed by atoms with E-state index in [2.05, 4.69) is 36.6 Å². The van der Waals surface area contributed by atoms with E-state index in [1.54, 1.807) is 0 Å². The van der Waals surface area contributed by atoms with Gasteiger partial charge in [0.2, 0.25) is 11.4 Å². The van der Waals surface area contributed by atoms with Crippen LogP contribution in [0.15, 0.2) is 47.4 Å². The van der Waals surface area contributed by atoms with Crippen LogP contribution in [0, 0.1) is 11.8 Å². The minimum Gasteiger partial charge on any atom is -0.492 e. The number of carbonyl (C=O) groups is 1. The standard InChI is InChI=1S/C22H25N3O4Si/c1-28-20-18(19(26)11-10-17-8-6-5-7-9-17)12-13-24-21(20)23-25(22(24)27)16-29-14-15-30(2,3)4/h5-9,12-13H,14-16H2,1-4H3. The lowest BCUT2D eigenvalue weighted by Crippen LogP contribution is -2.25. The fourth-order valence-corrected chi connectivity index (χ4v) is 3.52.